The molecule has 0 aliphatic rings. The van der Waals surface area contributed by atoms with Crippen LogP contribution in [-0.4, -0.2) is 12.5 Å². The summed E-state index contributed by atoms with van der Waals surface area (Å²) in [6.45, 7) is 0.656. The van der Waals surface area contributed by atoms with E-state index < -0.39 is 0 Å². The van der Waals surface area contributed by atoms with Gasteiger partial charge in [0.15, 0.2) is 5.96 Å². The molecule has 0 unspecified atom stereocenters. The van der Waals surface area contributed by atoms with Crippen molar-refractivity contribution in [3.8, 4) is 0 Å². The van der Waals surface area contributed by atoms with Crippen molar-refractivity contribution < 1.29 is 0 Å². The van der Waals surface area contributed by atoms with E-state index in [-0.39, 0.29) is 5.96 Å². The molecule has 0 aliphatic carbocycles. The van der Waals surface area contributed by atoms with Crippen molar-refractivity contribution in [2.75, 3.05) is 6.54 Å². The van der Waals surface area contributed by atoms with Crippen molar-refractivity contribution in [1.29, 1.82) is 0 Å². The number of benzene rings is 1. The van der Waals surface area contributed by atoms with E-state index in [9.17, 15) is 0 Å². The molecule has 0 amide bonds. The van der Waals surface area contributed by atoms with Crippen molar-refractivity contribution in [3.63, 3.8) is 0 Å². The number of halogens is 1. The van der Waals surface area contributed by atoms with E-state index in [0.29, 0.717) is 6.54 Å². The summed E-state index contributed by atoms with van der Waals surface area (Å²) in [6.07, 6.45) is 0.884. The molecule has 70 valence electrons. The molecule has 0 saturated carbocycles. The lowest BCUT2D eigenvalue weighted by Gasteiger charge is -1.98. The third-order valence-electron chi connectivity index (χ3n) is 1.61. The van der Waals surface area contributed by atoms with Crippen LogP contribution >= 0.6 is 22.6 Å². The minimum absolute atomic E-state index is 0.158. The zero-order chi connectivity index (χ0) is 9.68. The van der Waals surface area contributed by atoms with Crippen LogP contribution in [0.2, 0.25) is 0 Å². The summed E-state index contributed by atoms with van der Waals surface area (Å²) in [7, 11) is 0. The van der Waals surface area contributed by atoms with Gasteiger partial charge in [0.25, 0.3) is 0 Å². The number of nitrogens with two attached hydrogens (primary N) is 2. The minimum Gasteiger partial charge on any atom is -0.370 e. The lowest BCUT2D eigenvalue weighted by atomic mass is 10.1. The van der Waals surface area contributed by atoms with Gasteiger partial charge in [-0.1, -0.05) is 12.1 Å². The van der Waals surface area contributed by atoms with E-state index in [4.69, 9.17) is 11.5 Å². The van der Waals surface area contributed by atoms with E-state index in [1.165, 1.54) is 9.13 Å². The Morgan fingerprint density at radius 2 is 1.85 bits per heavy atom. The molecule has 0 saturated heterocycles. The molecular weight excluding hydrogens is 276 g/mol. The molecule has 4 heteroatoms. The van der Waals surface area contributed by atoms with Gasteiger partial charge in [0, 0.05) is 10.1 Å². The predicted molar refractivity (Wildman–Crippen MR) is 63.5 cm³/mol. The summed E-state index contributed by atoms with van der Waals surface area (Å²) in [5, 5.41) is 0. The SMILES string of the molecule is N[11C](N)=NCCc1ccc(I)cc1. The van der Waals surface area contributed by atoms with Gasteiger partial charge in [-0.15, -0.1) is 0 Å². The normalized spacial score (nSPS) is 9.62. The van der Waals surface area contributed by atoms with Crippen molar-refractivity contribution in [2.24, 2.45) is 16.5 Å². The Bertz CT molecular complexity index is 288. The van der Waals surface area contributed by atoms with Crippen LogP contribution in [-0.2, 0) is 6.42 Å². The van der Waals surface area contributed by atoms with Gasteiger partial charge >= 0.3 is 0 Å². The van der Waals surface area contributed by atoms with Gasteiger partial charge in [-0.05, 0) is 46.7 Å². The molecule has 4 N–H and O–H groups in total. The topological polar surface area (TPSA) is 64.4 Å². The van der Waals surface area contributed by atoms with Gasteiger partial charge in [0.2, 0.25) is 0 Å². The zero-order valence-electron chi connectivity index (χ0n) is 7.20. The first-order chi connectivity index (χ1) is 6.18. The molecule has 0 heterocycles. The van der Waals surface area contributed by atoms with Crippen LogP contribution in [0, 0.1) is 3.57 Å². The number of hydrogen-bond donors (Lipinski definition) is 2. The summed E-state index contributed by atoms with van der Waals surface area (Å²) in [5.74, 6) is 0.158. The minimum atomic E-state index is 0.158. The summed E-state index contributed by atoms with van der Waals surface area (Å²) >= 11 is 2.28. The van der Waals surface area contributed by atoms with Crippen LogP contribution in [0.15, 0.2) is 29.3 Å². The summed E-state index contributed by atoms with van der Waals surface area (Å²) in [6, 6.07) is 8.32. The van der Waals surface area contributed by atoms with E-state index in [1.54, 1.807) is 0 Å². The third kappa shape index (κ3) is 4.12. The van der Waals surface area contributed by atoms with E-state index >= 15 is 0 Å². The molecule has 0 fully saturated rings. The second-order valence-electron chi connectivity index (χ2n) is 2.68. The van der Waals surface area contributed by atoms with Crippen LogP contribution in [0.25, 0.3) is 0 Å². The van der Waals surface area contributed by atoms with E-state index in [0.717, 1.165) is 6.42 Å². The molecule has 3 nitrogen and oxygen atoms in total. The fourth-order valence-corrected chi connectivity index (χ4v) is 1.32. The molecule has 1 aromatic carbocycles. The summed E-state index contributed by atoms with van der Waals surface area (Å²) in [5.41, 5.74) is 11.7. The van der Waals surface area contributed by atoms with Crippen molar-refractivity contribution in [2.45, 2.75) is 6.42 Å². The molecule has 0 aromatic heterocycles. The highest BCUT2D eigenvalue weighted by Gasteiger charge is 1.91. The van der Waals surface area contributed by atoms with E-state index in [1.807, 2.05) is 0 Å². The number of hydrogen-bond acceptors (Lipinski definition) is 1. The fraction of sp³-hybridized carbons (Fsp3) is 0.222. The maximum atomic E-state index is 5.21. The largest absolute Gasteiger partial charge is 0.370 e. The van der Waals surface area contributed by atoms with E-state index in [2.05, 4.69) is 51.8 Å². The molecule has 0 atom stereocenters. The summed E-state index contributed by atoms with van der Waals surface area (Å²) < 4.78 is 1.24. The molecule has 0 bridgehead atoms. The lowest BCUT2D eigenvalue weighted by molar-refractivity contribution is 0.962. The molecule has 0 aliphatic heterocycles. The monoisotopic (exact) mass is 288 g/mol. The first-order valence-electron chi connectivity index (χ1n) is 3.98. The van der Waals surface area contributed by atoms with Gasteiger partial charge in [-0.25, -0.2) is 0 Å². The van der Waals surface area contributed by atoms with Crippen LogP contribution in [0.1, 0.15) is 5.56 Å². The Morgan fingerprint density at radius 3 is 2.38 bits per heavy atom. The van der Waals surface area contributed by atoms with Crippen molar-refractivity contribution in [3.05, 3.63) is 33.4 Å². The molecule has 0 spiro atoms. The lowest BCUT2D eigenvalue weighted by Crippen LogP contribution is -2.23. The van der Waals surface area contributed by atoms with Gasteiger partial charge in [0.05, 0.1) is 0 Å². The Hall–Kier alpha value is -0.780. The smallest absolute Gasteiger partial charge is 0.185 e. The standard InChI is InChI=1S/C9H12IN3/c10-8-3-1-7(2-4-8)5-6-13-9(11)12/h1-4H,5-6H2,(H4,11,12,13)/i9-1. The molecule has 13 heavy (non-hydrogen) atoms. The van der Waals surface area contributed by atoms with Gasteiger partial charge in [-0.3, -0.25) is 4.99 Å². The number of nitrogens with zero attached hydrogens (tertiary/aromatic N) is 1. The second kappa shape index (κ2) is 5.06. The third-order valence-corrected chi connectivity index (χ3v) is 2.33. The Balaban J connectivity index is 2.46. The quantitative estimate of drug-likeness (QED) is 0.497. The van der Waals surface area contributed by atoms with Crippen molar-refractivity contribution in [1.82, 2.24) is 0 Å². The Kier molecular flexibility index (Phi) is 4.01. The summed E-state index contributed by atoms with van der Waals surface area (Å²) in [4.78, 5) is 3.91. The maximum Gasteiger partial charge on any atom is 0.185 e. The molecule has 0 radical (unpaired) electrons. The van der Waals surface area contributed by atoms with Gasteiger partial charge in [-0.2, -0.15) is 0 Å². The average molecular weight is 288 g/mol. The van der Waals surface area contributed by atoms with Gasteiger partial charge < -0.3 is 11.5 Å². The molecule has 1 rings (SSSR count). The average Bonchev–Trinajstić information content (AvgIpc) is 2.08. The zero-order valence-corrected chi connectivity index (χ0v) is 9.36. The first kappa shape index (κ1) is 10.3. The fourth-order valence-electron chi connectivity index (χ4n) is 0.965. The first-order valence-corrected chi connectivity index (χ1v) is 5.06. The number of aliphatic imine (C=N–C) groups is 1. The molecular formula is C9H12IN3. The Morgan fingerprint density at radius 1 is 1.23 bits per heavy atom. The van der Waals surface area contributed by atoms with Crippen LogP contribution < -0.4 is 11.5 Å². The Labute approximate surface area is 91.4 Å². The number of guanidine groups is 1. The van der Waals surface area contributed by atoms with Crippen LogP contribution in [0.3, 0.4) is 0 Å². The molecule has 1 aromatic rings. The van der Waals surface area contributed by atoms with Crippen LogP contribution in [0.4, 0.5) is 0 Å². The van der Waals surface area contributed by atoms with Gasteiger partial charge in [0.1, 0.15) is 0 Å². The highest BCUT2D eigenvalue weighted by atomic mass is 127. The van der Waals surface area contributed by atoms with Crippen LogP contribution in [0.5, 0.6) is 0 Å². The maximum absolute atomic E-state index is 5.21. The highest BCUT2D eigenvalue weighted by Crippen LogP contribution is 2.07. The highest BCUT2D eigenvalue weighted by molar-refractivity contribution is 14.1. The van der Waals surface area contributed by atoms with Crippen molar-refractivity contribution >= 4 is 28.6 Å². The second-order valence-corrected chi connectivity index (χ2v) is 3.93. The number of rotatable bonds is 3. The predicted octanol–water partition coefficient (Wildman–Crippen LogP) is 1.11.